The van der Waals surface area contributed by atoms with Crippen molar-refractivity contribution in [3.63, 3.8) is 0 Å². The average Bonchev–Trinajstić information content (AvgIpc) is 3.43. The van der Waals surface area contributed by atoms with E-state index in [4.69, 9.17) is 29.9 Å². The second-order valence-corrected chi connectivity index (χ2v) is 16.7. The minimum absolute atomic E-state index is 0.654. The highest BCUT2D eigenvalue weighted by Gasteiger charge is 2.16. The van der Waals surface area contributed by atoms with Crippen LogP contribution >= 0.6 is 0 Å². The molecule has 0 saturated heterocycles. The molecule has 4 aromatic heterocycles. The van der Waals surface area contributed by atoms with Gasteiger partial charge in [0.05, 0.1) is 33.8 Å². The highest BCUT2D eigenvalue weighted by atomic mass is 14.9. The van der Waals surface area contributed by atoms with E-state index in [1.165, 1.54) is 11.1 Å². The van der Waals surface area contributed by atoms with Crippen molar-refractivity contribution in [2.24, 2.45) is 0 Å². The van der Waals surface area contributed by atoms with Crippen molar-refractivity contribution < 1.29 is 0 Å². The van der Waals surface area contributed by atoms with Crippen LogP contribution in [0.25, 0.3) is 123 Å². The summed E-state index contributed by atoms with van der Waals surface area (Å²) in [5.74, 6) is 1.31. The Morgan fingerprint density at radius 1 is 0.221 bits per heavy atom. The Morgan fingerprint density at radius 2 is 0.529 bits per heavy atom. The third kappa shape index (κ3) is 7.97. The zero-order valence-electron chi connectivity index (χ0n) is 36.8. The van der Waals surface area contributed by atoms with E-state index in [9.17, 15) is 0 Å². The number of para-hydroxylation sites is 2. The van der Waals surface area contributed by atoms with Crippen LogP contribution in [0.15, 0.2) is 243 Å². The highest BCUT2D eigenvalue weighted by Crippen LogP contribution is 2.35. The molecule has 12 rings (SSSR count). The summed E-state index contributed by atoms with van der Waals surface area (Å²) in [7, 11) is 0. The van der Waals surface area contributed by atoms with Crippen LogP contribution in [0.5, 0.6) is 0 Å². The van der Waals surface area contributed by atoms with Crippen molar-refractivity contribution in [2.45, 2.75) is 0 Å². The van der Waals surface area contributed by atoms with E-state index < -0.39 is 0 Å². The van der Waals surface area contributed by atoms with Crippen LogP contribution in [-0.2, 0) is 0 Å². The lowest BCUT2D eigenvalue weighted by Gasteiger charge is -2.12. The minimum Gasteiger partial charge on any atom is -0.256 e. The molecule has 0 N–H and O–H groups in total. The summed E-state index contributed by atoms with van der Waals surface area (Å²) in [6.45, 7) is 0. The van der Waals surface area contributed by atoms with Gasteiger partial charge in [0.25, 0.3) is 0 Å². The van der Waals surface area contributed by atoms with Crippen LogP contribution in [0, 0.1) is 0 Å². The van der Waals surface area contributed by atoms with Gasteiger partial charge in [-0.2, -0.15) is 0 Å². The molecule has 0 amide bonds. The van der Waals surface area contributed by atoms with Crippen molar-refractivity contribution in [1.82, 2.24) is 29.9 Å². The fourth-order valence-corrected chi connectivity index (χ4v) is 8.90. The fourth-order valence-electron chi connectivity index (χ4n) is 8.90. The van der Waals surface area contributed by atoms with Crippen molar-refractivity contribution in [3.8, 4) is 101 Å². The topological polar surface area (TPSA) is 77.3 Å². The standard InChI is InChI=1S/C62H40N6/c1-3-11-41(12-4-1)43-25-33-51(34-26-43)61-65-55(39-57(67-61)53-19-7-15-49-17-9-37-63-59(49)53)47-29-21-45(22-30-47)46-23-31-48(32-24-46)56-40-58(54-20-8-16-50-18-10-38-64-60(50)54)68-62(66-56)52-35-27-44(28-36-52)42-13-5-2-6-14-42/h1-40H. The molecule has 6 heteroatoms. The summed E-state index contributed by atoms with van der Waals surface area (Å²) in [5.41, 5.74) is 17.7. The van der Waals surface area contributed by atoms with Crippen molar-refractivity contribution >= 4 is 21.8 Å². The van der Waals surface area contributed by atoms with E-state index in [2.05, 4.69) is 206 Å². The first-order valence-electron chi connectivity index (χ1n) is 22.7. The summed E-state index contributed by atoms with van der Waals surface area (Å²) in [6, 6.07) is 79.7. The van der Waals surface area contributed by atoms with Crippen molar-refractivity contribution in [1.29, 1.82) is 0 Å². The quantitative estimate of drug-likeness (QED) is 0.144. The van der Waals surface area contributed by atoms with Gasteiger partial charge < -0.3 is 0 Å². The first-order chi connectivity index (χ1) is 33.7. The Bertz CT molecular complexity index is 3480. The third-order valence-electron chi connectivity index (χ3n) is 12.5. The molecule has 318 valence electrons. The first-order valence-corrected chi connectivity index (χ1v) is 22.7. The minimum atomic E-state index is 0.654. The van der Waals surface area contributed by atoms with E-state index in [1.54, 1.807) is 0 Å². The zero-order valence-corrected chi connectivity index (χ0v) is 36.8. The molecule has 0 radical (unpaired) electrons. The van der Waals surface area contributed by atoms with Gasteiger partial charge in [-0.05, 0) is 57.6 Å². The molecule has 0 saturated carbocycles. The van der Waals surface area contributed by atoms with Gasteiger partial charge in [0.2, 0.25) is 0 Å². The maximum Gasteiger partial charge on any atom is 0.160 e. The van der Waals surface area contributed by atoms with Crippen LogP contribution < -0.4 is 0 Å². The number of nitrogens with zero attached hydrogens (tertiary/aromatic N) is 6. The summed E-state index contributed by atoms with van der Waals surface area (Å²) in [6.07, 6.45) is 3.67. The van der Waals surface area contributed by atoms with E-state index in [0.29, 0.717) is 11.6 Å². The number of aromatic nitrogens is 6. The average molecular weight is 869 g/mol. The number of benzene rings is 8. The molecule has 0 fully saturated rings. The second-order valence-electron chi connectivity index (χ2n) is 16.7. The van der Waals surface area contributed by atoms with Crippen LogP contribution in [0.3, 0.4) is 0 Å². The molecule has 0 aliphatic rings. The Hall–Kier alpha value is -9.26. The Kier molecular flexibility index (Phi) is 10.4. The number of pyridine rings is 2. The van der Waals surface area contributed by atoms with Crippen LogP contribution in [0.1, 0.15) is 0 Å². The zero-order chi connectivity index (χ0) is 45.2. The maximum absolute atomic E-state index is 5.17. The van der Waals surface area contributed by atoms with E-state index in [-0.39, 0.29) is 0 Å². The van der Waals surface area contributed by atoms with Crippen LogP contribution in [-0.4, -0.2) is 29.9 Å². The van der Waals surface area contributed by atoms with E-state index >= 15 is 0 Å². The molecule has 0 aliphatic heterocycles. The molecule has 68 heavy (non-hydrogen) atoms. The molecule has 12 aromatic rings. The van der Waals surface area contributed by atoms with Crippen LogP contribution in [0.2, 0.25) is 0 Å². The van der Waals surface area contributed by atoms with E-state index in [1.807, 2.05) is 36.7 Å². The molecule has 4 heterocycles. The molecule has 0 spiro atoms. The largest absolute Gasteiger partial charge is 0.256 e. The van der Waals surface area contributed by atoms with Gasteiger partial charge in [-0.15, -0.1) is 0 Å². The lowest BCUT2D eigenvalue weighted by Crippen LogP contribution is -1.97. The molecule has 6 nitrogen and oxygen atoms in total. The van der Waals surface area contributed by atoms with Gasteiger partial charge in [0.1, 0.15) is 0 Å². The molecule has 0 unspecified atom stereocenters. The summed E-state index contributed by atoms with van der Waals surface area (Å²) < 4.78 is 0. The predicted octanol–water partition coefficient (Wildman–Crippen LogP) is 15.4. The second kappa shape index (κ2) is 17.6. The Morgan fingerprint density at radius 3 is 0.912 bits per heavy atom. The number of fused-ring (bicyclic) bond motifs is 2. The van der Waals surface area contributed by atoms with Gasteiger partial charge in [0.15, 0.2) is 11.6 Å². The predicted molar refractivity (Wildman–Crippen MR) is 277 cm³/mol. The number of hydrogen-bond acceptors (Lipinski definition) is 6. The molecule has 8 aromatic carbocycles. The molecular weight excluding hydrogens is 829 g/mol. The summed E-state index contributed by atoms with van der Waals surface area (Å²) >= 11 is 0. The third-order valence-corrected chi connectivity index (χ3v) is 12.5. The van der Waals surface area contributed by atoms with Gasteiger partial charge in [-0.3, -0.25) is 9.97 Å². The van der Waals surface area contributed by atoms with Gasteiger partial charge in [0, 0.05) is 56.5 Å². The van der Waals surface area contributed by atoms with E-state index in [0.717, 1.165) is 100 Å². The van der Waals surface area contributed by atoms with Crippen molar-refractivity contribution in [3.05, 3.63) is 243 Å². The number of hydrogen-bond donors (Lipinski definition) is 0. The lowest BCUT2D eigenvalue weighted by molar-refractivity contribution is 1.18. The first kappa shape index (κ1) is 40.3. The molecule has 0 aliphatic carbocycles. The monoisotopic (exact) mass is 868 g/mol. The van der Waals surface area contributed by atoms with Crippen LogP contribution in [0.4, 0.5) is 0 Å². The summed E-state index contributed by atoms with van der Waals surface area (Å²) in [4.78, 5) is 30.2. The SMILES string of the molecule is c1ccc(-c2ccc(-c3nc(-c4ccc(-c5ccc(-c6cc(-c7cccc8cccnc78)nc(-c7ccc(-c8ccccc8)cc7)n6)cc5)cc4)cc(-c4cccc5cccnc45)n3)cc2)cc1. The van der Waals surface area contributed by atoms with Crippen molar-refractivity contribution in [2.75, 3.05) is 0 Å². The Labute approximate surface area is 394 Å². The molecule has 0 bridgehead atoms. The normalized spacial score (nSPS) is 11.2. The molecular formula is C62H40N6. The van der Waals surface area contributed by atoms with Gasteiger partial charge >= 0.3 is 0 Å². The number of rotatable bonds is 9. The van der Waals surface area contributed by atoms with Gasteiger partial charge in [-0.25, -0.2) is 19.9 Å². The maximum atomic E-state index is 5.17. The smallest absolute Gasteiger partial charge is 0.160 e. The Balaban J connectivity index is 0.884. The fraction of sp³-hybridized carbons (Fsp3) is 0. The van der Waals surface area contributed by atoms with Gasteiger partial charge in [-0.1, -0.05) is 206 Å². The lowest BCUT2D eigenvalue weighted by atomic mass is 9.99. The molecule has 0 atom stereocenters. The highest BCUT2D eigenvalue weighted by molar-refractivity contribution is 5.95. The summed E-state index contributed by atoms with van der Waals surface area (Å²) in [5, 5.41) is 2.12.